The van der Waals surface area contributed by atoms with Crippen LogP contribution in [0.3, 0.4) is 0 Å². The van der Waals surface area contributed by atoms with Crippen LogP contribution in [0, 0.1) is 5.82 Å². The van der Waals surface area contributed by atoms with Crippen LogP contribution in [0.2, 0.25) is 0 Å². The quantitative estimate of drug-likeness (QED) is 0.351. The highest BCUT2D eigenvalue weighted by atomic mass is 19.1. The Morgan fingerprint density at radius 2 is 1.91 bits per heavy atom. The molecule has 5 nitrogen and oxygen atoms in total. The summed E-state index contributed by atoms with van der Waals surface area (Å²) in [5.74, 6) is -0.919. The van der Waals surface area contributed by atoms with Gasteiger partial charge in [-0.3, -0.25) is 9.59 Å². The molecule has 2 aromatic rings. The highest BCUT2D eigenvalue weighted by Gasteiger charge is 2.28. The van der Waals surface area contributed by atoms with E-state index in [1.165, 1.54) is 6.07 Å². The van der Waals surface area contributed by atoms with E-state index in [1.807, 2.05) is 35.2 Å². The molecule has 2 N–H and O–H groups in total. The monoisotopic (exact) mass is 453 g/mol. The number of aliphatic carboxylic acids is 1. The number of aliphatic hydroxyl groups is 1. The molecule has 1 heterocycles. The van der Waals surface area contributed by atoms with Crippen LogP contribution >= 0.6 is 0 Å². The van der Waals surface area contributed by atoms with Crippen molar-refractivity contribution in [1.29, 1.82) is 0 Å². The number of hydrogen-bond acceptors (Lipinski definition) is 3. The number of aliphatic hydroxyl groups excluding tert-OH is 1. The highest BCUT2D eigenvalue weighted by molar-refractivity contribution is 5.79. The van der Waals surface area contributed by atoms with E-state index in [2.05, 4.69) is 0 Å². The third-order valence-electron chi connectivity index (χ3n) is 6.03. The number of amides is 1. The number of nitrogens with zero attached hydrogens (tertiary/aromatic N) is 1. The lowest BCUT2D eigenvalue weighted by atomic mass is 9.99. The van der Waals surface area contributed by atoms with Crippen molar-refractivity contribution >= 4 is 11.9 Å². The fourth-order valence-electron chi connectivity index (χ4n) is 4.29. The van der Waals surface area contributed by atoms with Crippen molar-refractivity contribution in [3.63, 3.8) is 0 Å². The van der Waals surface area contributed by atoms with Crippen LogP contribution in [-0.4, -0.2) is 45.7 Å². The first-order chi connectivity index (χ1) is 15.9. The Morgan fingerprint density at radius 3 is 2.70 bits per heavy atom. The number of carboxylic acids is 1. The number of likely N-dealkylation sites (tertiary alicyclic amines) is 1. The van der Waals surface area contributed by atoms with Crippen LogP contribution in [0.15, 0.2) is 60.7 Å². The second-order valence-electron chi connectivity index (χ2n) is 8.59. The van der Waals surface area contributed by atoms with Crippen LogP contribution in [-0.2, 0) is 16.0 Å². The van der Waals surface area contributed by atoms with Crippen molar-refractivity contribution in [2.45, 2.75) is 63.5 Å². The van der Waals surface area contributed by atoms with E-state index in [1.54, 1.807) is 24.3 Å². The van der Waals surface area contributed by atoms with Gasteiger partial charge in [0, 0.05) is 31.4 Å². The molecular weight excluding hydrogens is 421 g/mol. The van der Waals surface area contributed by atoms with Gasteiger partial charge >= 0.3 is 5.97 Å². The van der Waals surface area contributed by atoms with Gasteiger partial charge in [-0.25, -0.2) is 4.39 Å². The third-order valence-corrected chi connectivity index (χ3v) is 6.03. The smallest absolute Gasteiger partial charge is 0.303 e. The molecule has 1 amide bonds. The summed E-state index contributed by atoms with van der Waals surface area (Å²) < 4.78 is 14.1. The zero-order chi connectivity index (χ0) is 23.6. The summed E-state index contributed by atoms with van der Waals surface area (Å²) in [6.07, 6.45) is 8.07. The minimum atomic E-state index is -0.771. The molecule has 0 unspecified atom stereocenters. The van der Waals surface area contributed by atoms with Gasteiger partial charge < -0.3 is 15.1 Å². The van der Waals surface area contributed by atoms with Gasteiger partial charge in [0.25, 0.3) is 0 Å². The Hall–Kier alpha value is -2.99. The summed E-state index contributed by atoms with van der Waals surface area (Å²) in [6.45, 7) is 0.654. The fraction of sp³-hybridized carbons (Fsp3) is 0.407. The Bertz CT molecular complexity index is 974. The van der Waals surface area contributed by atoms with E-state index >= 15 is 0 Å². The second kappa shape index (κ2) is 12.3. The van der Waals surface area contributed by atoms with Crippen molar-refractivity contribution < 1.29 is 24.2 Å². The summed E-state index contributed by atoms with van der Waals surface area (Å²) in [4.78, 5) is 24.7. The maximum Gasteiger partial charge on any atom is 0.303 e. The van der Waals surface area contributed by atoms with Crippen LogP contribution in [0.4, 0.5) is 4.39 Å². The molecule has 1 aliphatic rings. The summed E-state index contributed by atoms with van der Waals surface area (Å²) >= 11 is 0. The SMILES string of the molecule is O=C(O)CCCCCCN1C(=O)CC[C@@H]1/C=C/[C@@H](O)Cc1cccc(-c2ccccc2F)c1. The summed E-state index contributed by atoms with van der Waals surface area (Å²) in [5, 5.41) is 19.2. The van der Waals surface area contributed by atoms with E-state index in [0.29, 0.717) is 31.4 Å². The van der Waals surface area contributed by atoms with Crippen molar-refractivity contribution in [2.75, 3.05) is 6.54 Å². The predicted octanol–water partition coefficient (Wildman–Crippen LogP) is 4.98. The topological polar surface area (TPSA) is 77.8 Å². The zero-order valence-corrected chi connectivity index (χ0v) is 18.8. The lowest BCUT2D eigenvalue weighted by Gasteiger charge is -2.22. The van der Waals surface area contributed by atoms with Crippen LogP contribution in [0.5, 0.6) is 0 Å². The van der Waals surface area contributed by atoms with E-state index < -0.39 is 12.1 Å². The van der Waals surface area contributed by atoms with Gasteiger partial charge in [-0.1, -0.05) is 67.5 Å². The first-order valence-corrected chi connectivity index (χ1v) is 11.7. The maximum atomic E-state index is 14.1. The minimum Gasteiger partial charge on any atom is -0.481 e. The first-order valence-electron chi connectivity index (χ1n) is 11.7. The first kappa shape index (κ1) is 24.6. The number of rotatable bonds is 12. The number of halogens is 1. The molecule has 0 aliphatic carbocycles. The molecule has 0 spiro atoms. The Balaban J connectivity index is 1.51. The molecular formula is C27H32FNO4. The number of carbonyl (C=O) groups is 2. The zero-order valence-electron chi connectivity index (χ0n) is 18.8. The van der Waals surface area contributed by atoms with E-state index in [0.717, 1.165) is 36.8 Å². The van der Waals surface area contributed by atoms with Crippen molar-refractivity contribution in [2.24, 2.45) is 0 Å². The molecule has 2 aromatic carbocycles. The Morgan fingerprint density at radius 1 is 1.12 bits per heavy atom. The standard InChI is InChI=1S/C27H32FNO4/c28-25-11-5-4-10-24(25)21-9-7-8-20(18-21)19-23(30)15-13-22-14-16-26(31)29(22)17-6-2-1-3-12-27(32)33/h4-5,7-11,13,15,18,22-23,30H,1-3,6,12,14,16-17,19H2,(H,32,33)/b15-13+/t22-,23+/m0/s1. The van der Waals surface area contributed by atoms with Gasteiger partial charge in [0.15, 0.2) is 0 Å². The number of hydrogen-bond donors (Lipinski definition) is 2. The van der Waals surface area contributed by atoms with Gasteiger partial charge in [0.2, 0.25) is 5.91 Å². The average molecular weight is 454 g/mol. The van der Waals surface area contributed by atoms with E-state index in [4.69, 9.17) is 5.11 Å². The molecule has 0 radical (unpaired) electrons. The molecule has 0 saturated carbocycles. The lowest BCUT2D eigenvalue weighted by molar-refractivity contribution is -0.137. The molecule has 1 saturated heterocycles. The second-order valence-corrected chi connectivity index (χ2v) is 8.59. The van der Waals surface area contributed by atoms with Crippen LogP contribution in [0.25, 0.3) is 11.1 Å². The van der Waals surface area contributed by atoms with Crippen molar-refractivity contribution in [3.8, 4) is 11.1 Å². The Kier molecular flexibility index (Phi) is 9.19. The number of unbranched alkanes of at least 4 members (excludes halogenated alkanes) is 3. The third kappa shape index (κ3) is 7.53. The van der Waals surface area contributed by atoms with E-state index in [9.17, 15) is 19.1 Å². The largest absolute Gasteiger partial charge is 0.481 e. The molecule has 33 heavy (non-hydrogen) atoms. The molecule has 0 bridgehead atoms. The van der Waals surface area contributed by atoms with Crippen molar-refractivity contribution in [1.82, 2.24) is 4.90 Å². The minimum absolute atomic E-state index is 0.0177. The number of carboxylic acid groups (broad SMARTS) is 1. The highest BCUT2D eigenvalue weighted by Crippen LogP contribution is 2.24. The van der Waals surface area contributed by atoms with Crippen molar-refractivity contribution in [3.05, 3.63) is 72.1 Å². The Labute approximate surface area is 194 Å². The normalized spacial score (nSPS) is 17.1. The molecule has 2 atom stereocenters. The number of carbonyl (C=O) groups excluding carboxylic acids is 1. The summed E-state index contributed by atoms with van der Waals surface area (Å²) in [5.41, 5.74) is 2.22. The summed E-state index contributed by atoms with van der Waals surface area (Å²) in [6, 6.07) is 14.1. The number of benzene rings is 2. The maximum absolute atomic E-state index is 14.1. The molecule has 1 aliphatic heterocycles. The molecule has 3 rings (SSSR count). The van der Waals surface area contributed by atoms with Crippen LogP contribution in [0.1, 0.15) is 50.5 Å². The molecule has 176 valence electrons. The molecule has 6 heteroatoms. The van der Waals surface area contributed by atoms with Crippen LogP contribution < -0.4 is 0 Å². The average Bonchev–Trinajstić information content (AvgIpc) is 3.14. The van der Waals surface area contributed by atoms with Gasteiger partial charge in [0.1, 0.15) is 5.82 Å². The fourth-order valence-corrected chi connectivity index (χ4v) is 4.29. The van der Waals surface area contributed by atoms with E-state index in [-0.39, 0.29) is 24.2 Å². The lowest BCUT2D eigenvalue weighted by Crippen LogP contribution is -2.32. The van der Waals surface area contributed by atoms with Gasteiger partial charge in [0.05, 0.1) is 12.1 Å². The van der Waals surface area contributed by atoms with Gasteiger partial charge in [-0.05, 0) is 36.5 Å². The predicted molar refractivity (Wildman–Crippen MR) is 126 cm³/mol. The van der Waals surface area contributed by atoms with Gasteiger partial charge in [-0.2, -0.15) is 0 Å². The molecule has 1 fully saturated rings. The summed E-state index contributed by atoms with van der Waals surface area (Å²) in [7, 11) is 0. The van der Waals surface area contributed by atoms with Gasteiger partial charge in [-0.15, -0.1) is 0 Å². The molecule has 0 aromatic heterocycles.